The number of nitrogens with zero attached hydrogens (tertiary/aromatic N) is 4. The average Bonchev–Trinajstić information content (AvgIpc) is 3.02. The molecule has 3 heterocycles. The van der Waals surface area contributed by atoms with Crippen LogP contribution in [0.25, 0.3) is 0 Å². The maximum atomic E-state index is 13.4. The summed E-state index contributed by atoms with van der Waals surface area (Å²) in [7, 11) is 0. The van der Waals surface area contributed by atoms with E-state index in [1.165, 1.54) is 12.5 Å². The highest BCUT2D eigenvalue weighted by molar-refractivity contribution is 6.13. The van der Waals surface area contributed by atoms with Gasteiger partial charge in [0.05, 0.1) is 35.9 Å². The largest absolute Gasteiger partial charge is 0.475 e. The number of alkyl halides is 1. The van der Waals surface area contributed by atoms with Gasteiger partial charge in [0.1, 0.15) is 18.3 Å². The lowest BCUT2D eigenvalue weighted by molar-refractivity contribution is 0.232. The van der Waals surface area contributed by atoms with E-state index in [0.29, 0.717) is 48.2 Å². The fourth-order valence-electron chi connectivity index (χ4n) is 2.69. The van der Waals surface area contributed by atoms with Crippen molar-refractivity contribution in [2.75, 3.05) is 23.7 Å². The molecule has 0 unspecified atom stereocenters. The molecule has 0 radical (unpaired) electrons. The molecule has 1 fully saturated rings. The Labute approximate surface area is 145 Å². The monoisotopic (exact) mass is 344 g/mol. The zero-order chi connectivity index (χ0) is 18.0. The number of nitrogen functional groups attached to an aromatic ring is 1. The van der Waals surface area contributed by atoms with Gasteiger partial charge in [-0.15, -0.1) is 0 Å². The van der Waals surface area contributed by atoms with Gasteiger partial charge in [-0.3, -0.25) is 5.41 Å². The van der Waals surface area contributed by atoms with Crippen molar-refractivity contribution in [2.24, 2.45) is 0 Å². The van der Waals surface area contributed by atoms with Crippen LogP contribution in [0.1, 0.15) is 31.5 Å². The lowest BCUT2D eigenvalue weighted by atomic mass is 10.1. The Morgan fingerprint density at radius 3 is 2.84 bits per heavy atom. The van der Waals surface area contributed by atoms with E-state index in [1.54, 1.807) is 12.1 Å². The molecule has 25 heavy (non-hydrogen) atoms. The molecule has 1 aliphatic heterocycles. The summed E-state index contributed by atoms with van der Waals surface area (Å²) in [6.45, 7) is 4.71. The summed E-state index contributed by atoms with van der Waals surface area (Å²) in [5.74, 6) is 1.01. The van der Waals surface area contributed by atoms with Crippen LogP contribution in [0.15, 0.2) is 24.7 Å². The van der Waals surface area contributed by atoms with Crippen LogP contribution in [-0.4, -0.2) is 46.0 Å². The van der Waals surface area contributed by atoms with Crippen LogP contribution in [0, 0.1) is 5.41 Å². The van der Waals surface area contributed by atoms with E-state index in [-0.39, 0.29) is 11.8 Å². The first-order valence-electron chi connectivity index (χ1n) is 8.16. The zero-order valence-corrected chi connectivity index (χ0v) is 14.2. The van der Waals surface area contributed by atoms with Crippen molar-refractivity contribution >= 4 is 17.2 Å². The van der Waals surface area contributed by atoms with Crippen LogP contribution in [0.3, 0.4) is 0 Å². The molecular formula is C17H21FN6O. The third kappa shape index (κ3) is 3.84. The van der Waals surface area contributed by atoms with E-state index in [9.17, 15) is 4.39 Å². The Kier molecular flexibility index (Phi) is 4.78. The lowest BCUT2D eigenvalue weighted by Gasteiger charge is -2.17. The van der Waals surface area contributed by atoms with Gasteiger partial charge < -0.3 is 15.4 Å². The lowest BCUT2D eigenvalue weighted by Crippen LogP contribution is -2.22. The molecule has 1 saturated heterocycles. The molecule has 0 aromatic carbocycles. The third-order valence-electron chi connectivity index (χ3n) is 3.90. The van der Waals surface area contributed by atoms with E-state index in [1.807, 2.05) is 18.7 Å². The first kappa shape index (κ1) is 17.1. The van der Waals surface area contributed by atoms with Crippen molar-refractivity contribution < 1.29 is 9.13 Å². The third-order valence-corrected chi connectivity index (χ3v) is 3.90. The van der Waals surface area contributed by atoms with Crippen molar-refractivity contribution in [3.8, 4) is 5.88 Å². The molecule has 2 aromatic rings. The summed E-state index contributed by atoms with van der Waals surface area (Å²) >= 11 is 0. The van der Waals surface area contributed by atoms with Gasteiger partial charge in [-0.1, -0.05) is 0 Å². The SMILES string of the molecule is CC(C)Oc1cc(C(=N)c2cc(N3CC[C@H](F)C3)ncn2)c(N)cn1. The molecule has 3 N–H and O–H groups in total. The molecule has 1 aliphatic rings. The topological polar surface area (TPSA) is 101 Å². The number of nitrogens with one attached hydrogen (secondary N) is 1. The Morgan fingerprint density at radius 2 is 2.16 bits per heavy atom. The number of anilines is 2. The number of hydrogen-bond acceptors (Lipinski definition) is 7. The fourth-order valence-corrected chi connectivity index (χ4v) is 2.69. The Morgan fingerprint density at radius 1 is 1.36 bits per heavy atom. The normalized spacial score (nSPS) is 17.1. The smallest absolute Gasteiger partial charge is 0.214 e. The van der Waals surface area contributed by atoms with E-state index < -0.39 is 6.17 Å². The van der Waals surface area contributed by atoms with Gasteiger partial charge in [0.2, 0.25) is 5.88 Å². The molecule has 0 saturated carbocycles. The molecule has 0 spiro atoms. The average molecular weight is 344 g/mol. The van der Waals surface area contributed by atoms with Gasteiger partial charge >= 0.3 is 0 Å². The molecule has 8 heteroatoms. The summed E-state index contributed by atoms with van der Waals surface area (Å²) in [6.07, 6.45) is 2.47. The van der Waals surface area contributed by atoms with Crippen molar-refractivity contribution in [3.05, 3.63) is 35.9 Å². The van der Waals surface area contributed by atoms with Crippen molar-refractivity contribution in [1.82, 2.24) is 15.0 Å². The van der Waals surface area contributed by atoms with Gasteiger partial charge in [-0.05, 0) is 20.3 Å². The van der Waals surface area contributed by atoms with Gasteiger partial charge in [-0.25, -0.2) is 19.3 Å². The van der Waals surface area contributed by atoms with Gasteiger partial charge in [-0.2, -0.15) is 0 Å². The number of pyridine rings is 1. The quantitative estimate of drug-likeness (QED) is 0.807. The number of aromatic nitrogens is 3. The fraction of sp³-hybridized carbons (Fsp3) is 0.412. The predicted octanol–water partition coefficient (Wildman–Crippen LogP) is 2.21. The van der Waals surface area contributed by atoms with Crippen LogP contribution in [0.5, 0.6) is 5.88 Å². The Bertz CT molecular complexity index is 781. The number of ether oxygens (including phenoxy) is 1. The Balaban J connectivity index is 1.88. The van der Waals surface area contributed by atoms with Gasteiger partial charge in [0, 0.05) is 24.2 Å². The van der Waals surface area contributed by atoms with Crippen LogP contribution < -0.4 is 15.4 Å². The van der Waals surface area contributed by atoms with Crippen molar-refractivity contribution in [2.45, 2.75) is 32.5 Å². The van der Waals surface area contributed by atoms with Crippen LogP contribution in [0.4, 0.5) is 15.9 Å². The van der Waals surface area contributed by atoms with E-state index in [2.05, 4.69) is 15.0 Å². The molecule has 1 atom stereocenters. The van der Waals surface area contributed by atoms with Crippen molar-refractivity contribution in [3.63, 3.8) is 0 Å². The predicted molar refractivity (Wildman–Crippen MR) is 94.1 cm³/mol. The van der Waals surface area contributed by atoms with E-state index >= 15 is 0 Å². The van der Waals surface area contributed by atoms with Gasteiger partial charge in [0.25, 0.3) is 0 Å². The zero-order valence-electron chi connectivity index (χ0n) is 14.2. The minimum absolute atomic E-state index is 0.0346. The molecular weight excluding hydrogens is 323 g/mol. The molecule has 7 nitrogen and oxygen atoms in total. The highest BCUT2D eigenvalue weighted by Crippen LogP contribution is 2.23. The first-order valence-corrected chi connectivity index (χ1v) is 8.16. The molecule has 132 valence electrons. The van der Waals surface area contributed by atoms with Crippen LogP contribution in [-0.2, 0) is 0 Å². The number of nitrogens with two attached hydrogens (primary N) is 1. The van der Waals surface area contributed by atoms with Gasteiger partial charge in [0.15, 0.2) is 0 Å². The molecule has 2 aromatic heterocycles. The molecule has 0 bridgehead atoms. The second-order valence-electron chi connectivity index (χ2n) is 6.24. The van der Waals surface area contributed by atoms with E-state index in [4.69, 9.17) is 15.9 Å². The maximum Gasteiger partial charge on any atom is 0.214 e. The molecule has 0 amide bonds. The number of halogens is 1. The highest BCUT2D eigenvalue weighted by Gasteiger charge is 2.23. The number of rotatable bonds is 5. The minimum atomic E-state index is -0.843. The minimum Gasteiger partial charge on any atom is -0.475 e. The molecule has 3 rings (SSSR count). The van der Waals surface area contributed by atoms with Crippen LogP contribution >= 0.6 is 0 Å². The molecule has 0 aliphatic carbocycles. The van der Waals surface area contributed by atoms with Crippen LogP contribution in [0.2, 0.25) is 0 Å². The first-order chi connectivity index (χ1) is 11.9. The second-order valence-corrected chi connectivity index (χ2v) is 6.24. The summed E-state index contributed by atoms with van der Waals surface area (Å²) in [5, 5.41) is 8.45. The second kappa shape index (κ2) is 7.00. The summed E-state index contributed by atoms with van der Waals surface area (Å²) in [4.78, 5) is 14.3. The highest BCUT2D eigenvalue weighted by atomic mass is 19.1. The number of hydrogen-bond donors (Lipinski definition) is 2. The van der Waals surface area contributed by atoms with Crippen molar-refractivity contribution in [1.29, 1.82) is 5.41 Å². The van der Waals surface area contributed by atoms with E-state index in [0.717, 1.165) is 0 Å². The summed E-state index contributed by atoms with van der Waals surface area (Å²) in [5.41, 5.74) is 7.39. The summed E-state index contributed by atoms with van der Waals surface area (Å²) < 4.78 is 19.0. The Hall–Kier alpha value is -2.77. The maximum absolute atomic E-state index is 13.4. The summed E-state index contributed by atoms with van der Waals surface area (Å²) in [6, 6.07) is 3.32. The standard InChI is InChI=1S/C17H21FN6O/c1-10(2)25-16-5-12(13(19)7-21-16)17(20)14-6-15(23-9-22-14)24-4-3-11(18)8-24/h5-7,9-11,20H,3-4,8,19H2,1-2H3/t11-/m0/s1.